The highest BCUT2D eigenvalue weighted by atomic mass is 14.5. The molecule has 2 N–H and O–H groups in total. The average Bonchev–Trinajstić information content (AvgIpc) is 1.82. The molecule has 0 fully saturated rings. The molecular formula is C9H12N. The van der Waals surface area contributed by atoms with Crippen LogP contribution >= 0.6 is 0 Å². The zero-order chi connectivity index (χ0) is 7.72. The zero-order valence-corrected chi connectivity index (χ0v) is 6.44. The van der Waals surface area contributed by atoms with Crippen molar-refractivity contribution < 1.29 is 0 Å². The van der Waals surface area contributed by atoms with E-state index in [2.05, 4.69) is 6.92 Å². The molecule has 0 amide bonds. The van der Waals surface area contributed by atoms with Crippen molar-refractivity contribution >= 4 is 5.69 Å². The van der Waals surface area contributed by atoms with E-state index in [1.165, 1.54) is 0 Å². The van der Waals surface area contributed by atoms with Gasteiger partial charge in [-0.05, 0) is 49.6 Å². The second-order valence-electron chi connectivity index (χ2n) is 2.63. The Morgan fingerprint density at radius 2 is 1.60 bits per heavy atom. The Labute approximate surface area is 61.9 Å². The van der Waals surface area contributed by atoms with Crippen molar-refractivity contribution in [2.45, 2.75) is 13.8 Å². The summed E-state index contributed by atoms with van der Waals surface area (Å²) in [6.07, 6.45) is 0. The van der Waals surface area contributed by atoms with Crippen LogP contribution in [0.3, 0.4) is 0 Å². The first-order valence-electron chi connectivity index (χ1n) is 3.30. The fourth-order valence-corrected chi connectivity index (χ4v) is 1.03. The Balaban J connectivity index is 3.31. The molecule has 0 atom stereocenters. The van der Waals surface area contributed by atoms with Crippen molar-refractivity contribution in [1.29, 1.82) is 0 Å². The second-order valence-corrected chi connectivity index (χ2v) is 2.63. The van der Waals surface area contributed by atoms with Gasteiger partial charge in [-0.2, -0.15) is 0 Å². The first kappa shape index (κ1) is 7.13. The van der Waals surface area contributed by atoms with E-state index in [4.69, 9.17) is 5.73 Å². The molecule has 0 aliphatic carbocycles. The van der Waals surface area contributed by atoms with Crippen LogP contribution in [0, 0.1) is 20.8 Å². The minimum atomic E-state index is 0.822. The summed E-state index contributed by atoms with van der Waals surface area (Å²) in [5, 5.41) is 0. The third kappa shape index (κ3) is 1.13. The molecule has 1 heteroatoms. The van der Waals surface area contributed by atoms with Gasteiger partial charge in [0.25, 0.3) is 0 Å². The molecule has 1 aromatic rings. The smallest absolute Gasteiger partial charge is 0.0319 e. The van der Waals surface area contributed by atoms with Crippen molar-refractivity contribution in [3.05, 3.63) is 35.7 Å². The lowest BCUT2D eigenvalue weighted by Gasteiger charge is -2.04. The van der Waals surface area contributed by atoms with E-state index in [-0.39, 0.29) is 0 Å². The first-order chi connectivity index (χ1) is 4.61. The molecule has 1 nitrogen and oxygen atoms in total. The average molecular weight is 134 g/mol. The van der Waals surface area contributed by atoms with Crippen LogP contribution in [0.2, 0.25) is 0 Å². The summed E-state index contributed by atoms with van der Waals surface area (Å²) in [4.78, 5) is 0. The molecule has 0 aromatic heterocycles. The molecule has 0 bridgehead atoms. The van der Waals surface area contributed by atoms with Crippen LogP contribution in [0.1, 0.15) is 16.7 Å². The number of aryl methyl sites for hydroxylation is 2. The lowest BCUT2D eigenvalue weighted by Crippen LogP contribution is -1.91. The summed E-state index contributed by atoms with van der Waals surface area (Å²) in [5.74, 6) is 0. The summed E-state index contributed by atoms with van der Waals surface area (Å²) in [6.45, 7) is 7.94. The van der Waals surface area contributed by atoms with Crippen LogP contribution in [0.4, 0.5) is 5.69 Å². The van der Waals surface area contributed by atoms with Gasteiger partial charge in [-0.15, -0.1) is 0 Å². The molecule has 0 aliphatic heterocycles. The summed E-state index contributed by atoms with van der Waals surface area (Å²) in [7, 11) is 0. The number of nitrogens with two attached hydrogens (primary N) is 1. The van der Waals surface area contributed by atoms with Crippen molar-refractivity contribution in [1.82, 2.24) is 0 Å². The van der Waals surface area contributed by atoms with E-state index in [1.807, 2.05) is 26.0 Å². The van der Waals surface area contributed by atoms with Crippen LogP contribution in [0.25, 0.3) is 0 Å². The number of benzene rings is 1. The highest BCUT2D eigenvalue weighted by Gasteiger charge is 1.96. The summed E-state index contributed by atoms with van der Waals surface area (Å²) in [6, 6.07) is 3.88. The van der Waals surface area contributed by atoms with Gasteiger partial charge in [0.05, 0.1) is 0 Å². The molecule has 0 heterocycles. The second kappa shape index (κ2) is 2.33. The van der Waals surface area contributed by atoms with Gasteiger partial charge >= 0.3 is 0 Å². The number of nitrogen functional groups attached to an aromatic ring is 1. The van der Waals surface area contributed by atoms with Gasteiger partial charge < -0.3 is 5.73 Å². The third-order valence-electron chi connectivity index (χ3n) is 1.72. The predicted molar refractivity (Wildman–Crippen MR) is 44.8 cm³/mol. The van der Waals surface area contributed by atoms with E-state index in [1.54, 1.807) is 0 Å². The minimum absolute atomic E-state index is 0.822. The van der Waals surface area contributed by atoms with Crippen molar-refractivity contribution in [3.63, 3.8) is 0 Å². The summed E-state index contributed by atoms with van der Waals surface area (Å²) in [5.41, 5.74) is 9.84. The van der Waals surface area contributed by atoms with E-state index in [9.17, 15) is 0 Å². The van der Waals surface area contributed by atoms with Crippen LogP contribution in [-0.4, -0.2) is 0 Å². The Hall–Kier alpha value is -0.980. The number of rotatable bonds is 0. The Morgan fingerprint density at radius 3 is 2.00 bits per heavy atom. The highest BCUT2D eigenvalue weighted by Crippen LogP contribution is 2.15. The number of hydrogen-bond acceptors (Lipinski definition) is 1. The van der Waals surface area contributed by atoms with Gasteiger partial charge in [0.2, 0.25) is 0 Å². The maximum Gasteiger partial charge on any atom is 0.0319 e. The number of anilines is 1. The normalized spacial score (nSPS) is 9.90. The molecule has 0 spiro atoms. The molecule has 0 unspecified atom stereocenters. The molecule has 0 saturated carbocycles. The van der Waals surface area contributed by atoms with Gasteiger partial charge in [0.15, 0.2) is 0 Å². The van der Waals surface area contributed by atoms with Crippen LogP contribution in [0.15, 0.2) is 12.1 Å². The summed E-state index contributed by atoms with van der Waals surface area (Å²) < 4.78 is 0. The van der Waals surface area contributed by atoms with Gasteiger partial charge in [-0.1, -0.05) is 0 Å². The fraction of sp³-hybridized carbons (Fsp3) is 0.222. The van der Waals surface area contributed by atoms with Gasteiger partial charge in [0, 0.05) is 5.69 Å². The topological polar surface area (TPSA) is 26.0 Å². The lowest BCUT2D eigenvalue weighted by molar-refractivity contribution is 1.33. The zero-order valence-electron chi connectivity index (χ0n) is 6.44. The van der Waals surface area contributed by atoms with E-state index in [0.29, 0.717) is 0 Å². The molecule has 1 radical (unpaired) electrons. The van der Waals surface area contributed by atoms with Crippen molar-refractivity contribution in [2.75, 3.05) is 5.73 Å². The molecule has 10 heavy (non-hydrogen) atoms. The SMILES string of the molecule is [CH2]c1c(C)cc(N)cc1C. The quantitative estimate of drug-likeness (QED) is 0.540. The van der Waals surface area contributed by atoms with Crippen molar-refractivity contribution in [3.8, 4) is 0 Å². The van der Waals surface area contributed by atoms with Gasteiger partial charge in [-0.25, -0.2) is 0 Å². The molecular weight excluding hydrogens is 122 g/mol. The largest absolute Gasteiger partial charge is 0.399 e. The van der Waals surface area contributed by atoms with Gasteiger partial charge in [0.1, 0.15) is 0 Å². The maximum atomic E-state index is 5.60. The fourth-order valence-electron chi connectivity index (χ4n) is 1.03. The maximum absolute atomic E-state index is 5.60. The Morgan fingerprint density at radius 1 is 1.20 bits per heavy atom. The predicted octanol–water partition coefficient (Wildman–Crippen LogP) is 2.07. The van der Waals surface area contributed by atoms with Crippen LogP contribution in [0.5, 0.6) is 0 Å². The Kier molecular flexibility index (Phi) is 1.66. The van der Waals surface area contributed by atoms with E-state index in [0.717, 1.165) is 22.4 Å². The standard InChI is InChI=1S/C9H12N/c1-6-4-9(10)5-7(2)8(6)3/h4-5H,3,10H2,1-2H3. The third-order valence-corrected chi connectivity index (χ3v) is 1.72. The lowest BCUT2D eigenvalue weighted by atomic mass is 10.0. The van der Waals surface area contributed by atoms with Crippen LogP contribution in [-0.2, 0) is 0 Å². The molecule has 0 aliphatic rings. The first-order valence-corrected chi connectivity index (χ1v) is 3.30. The van der Waals surface area contributed by atoms with Gasteiger partial charge in [-0.3, -0.25) is 0 Å². The van der Waals surface area contributed by atoms with Crippen molar-refractivity contribution in [2.24, 2.45) is 0 Å². The monoisotopic (exact) mass is 134 g/mol. The Bertz CT molecular complexity index is 228. The minimum Gasteiger partial charge on any atom is -0.399 e. The highest BCUT2D eigenvalue weighted by molar-refractivity contribution is 5.49. The molecule has 1 aromatic carbocycles. The van der Waals surface area contributed by atoms with E-state index >= 15 is 0 Å². The molecule has 53 valence electrons. The summed E-state index contributed by atoms with van der Waals surface area (Å²) >= 11 is 0. The van der Waals surface area contributed by atoms with E-state index < -0.39 is 0 Å². The molecule has 0 saturated heterocycles. The van der Waals surface area contributed by atoms with Crippen LogP contribution < -0.4 is 5.73 Å². The molecule has 1 rings (SSSR count). The number of hydrogen-bond donors (Lipinski definition) is 1.